The maximum absolute atomic E-state index is 12.0. The van der Waals surface area contributed by atoms with Gasteiger partial charge in [-0.25, -0.2) is 4.79 Å². The van der Waals surface area contributed by atoms with Crippen molar-refractivity contribution in [3.63, 3.8) is 0 Å². The first-order valence-corrected chi connectivity index (χ1v) is 6.89. The van der Waals surface area contributed by atoms with Crippen LogP contribution in [-0.4, -0.2) is 40.8 Å². The summed E-state index contributed by atoms with van der Waals surface area (Å²) in [5, 5.41) is 8.84. The minimum absolute atomic E-state index is 0.0859. The maximum Gasteiger partial charge on any atom is 0.410 e. The lowest BCUT2D eigenvalue weighted by molar-refractivity contribution is -0.138. The van der Waals surface area contributed by atoms with Crippen LogP contribution in [0.4, 0.5) is 4.79 Å². The molecule has 0 bridgehead atoms. The lowest BCUT2D eigenvalue weighted by Crippen LogP contribution is -2.44. The Balaban J connectivity index is 2.54. The number of piperidine rings is 1. The topological polar surface area (TPSA) is 66.8 Å². The number of amides is 1. The number of rotatable bonds is 3. The molecule has 0 aromatic heterocycles. The quantitative estimate of drug-likeness (QED) is 0.857. The molecule has 0 aromatic rings. The molecule has 1 aliphatic heterocycles. The highest BCUT2D eigenvalue weighted by molar-refractivity contribution is 5.68. The third-order valence-corrected chi connectivity index (χ3v) is 3.41. The summed E-state index contributed by atoms with van der Waals surface area (Å²) >= 11 is 0. The summed E-state index contributed by atoms with van der Waals surface area (Å²) in [5.41, 5.74) is -0.489. The average molecular weight is 271 g/mol. The second-order valence-corrected chi connectivity index (χ2v) is 6.40. The first-order valence-electron chi connectivity index (χ1n) is 6.89. The van der Waals surface area contributed by atoms with Crippen LogP contribution in [0.1, 0.15) is 47.0 Å². The molecule has 1 aliphatic rings. The van der Waals surface area contributed by atoms with E-state index in [-0.39, 0.29) is 24.3 Å². The van der Waals surface area contributed by atoms with Crippen molar-refractivity contribution in [3.8, 4) is 0 Å². The van der Waals surface area contributed by atoms with Gasteiger partial charge in [0, 0.05) is 19.5 Å². The zero-order chi connectivity index (χ0) is 14.6. The number of ether oxygens (including phenoxy) is 1. The normalized spacial score (nSPS) is 21.9. The average Bonchev–Trinajstić information content (AvgIpc) is 2.26. The highest BCUT2D eigenvalue weighted by Crippen LogP contribution is 2.27. The molecule has 1 heterocycles. The van der Waals surface area contributed by atoms with Gasteiger partial charge in [0.15, 0.2) is 0 Å². The van der Waals surface area contributed by atoms with Crippen molar-refractivity contribution >= 4 is 12.1 Å². The number of carboxylic acids is 1. The standard InChI is InChI=1S/C14H25NO4/c1-10(8-12(16)17)11-6-5-7-15(9-11)13(18)19-14(2,3)4/h10-11H,5-9H2,1-4H3,(H,16,17)/t10-,11+/m1/s1. The van der Waals surface area contributed by atoms with Crippen molar-refractivity contribution < 1.29 is 19.4 Å². The Morgan fingerprint density at radius 3 is 2.58 bits per heavy atom. The van der Waals surface area contributed by atoms with Crippen molar-refractivity contribution in [3.05, 3.63) is 0 Å². The van der Waals surface area contributed by atoms with E-state index in [4.69, 9.17) is 9.84 Å². The molecule has 5 heteroatoms. The number of hydrogen-bond donors (Lipinski definition) is 1. The number of hydrogen-bond acceptors (Lipinski definition) is 3. The van der Waals surface area contributed by atoms with Crippen LogP contribution in [0, 0.1) is 11.8 Å². The number of carboxylic acid groups (broad SMARTS) is 1. The molecule has 1 N–H and O–H groups in total. The monoisotopic (exact) mass is 271 g/mol. The number of likely N-dealkylation sites (tertiary alicyclic amines) is 1. The van der Waals surface area contributed by atoms with Crippen LogP contribution < -0.4 is 0 Å². The van der Waals surface area contributed by atoms with Gasteiger partial charge in [-0.15, -0.1) is 0 Å². The van der Waals surface area contributed by atoms with Crippen molar-refractivity contribution in [2.24, 2.45) is 11.8 Å². The highest BCUT2D eigenvalue weighted by Gasteiger charge is 2.30. The Labute approximate surface area is 114 Å². The van der Waals surface area contributed by atoms with Crippen LogP contribution in [0.3, 0.4) is 0 Å². The lowest BCUT2D eigenvalue weighted by atomic mass is 9.85. The first-order chi connectivity index (χ1) is 8.69. The maximum atomic E-state index is 12.0. The predicted octanol–water partition coefficient (Wildman–Crippen LogP) is 2.74. The molecule has 0 spiro atoms. The molecule has 0 unspecified atom stereocenters. The van der Waals surface area contributed by atoms with E-state index in [1.165, 1.54) is 0 Å². The summed E-state index contributed by atoms with van der Waals surface area (Å²) < 4.78 is 5.36. The van der Waals surface area contributed by atoms with Gasteiger partial charge in [0.05, 0.1) is 0 Å². The Hall–Kier alpha value is -1.26. The molecular formula is C14H25NO4. The summed E-state index contributed by atoms with van der Waals surface area (Å²) in [6.45, 7) is 8.78. The van der Waals surface area contributed by atoms with Crippen LogP contribution in [-0.2, 0) is 9.53 Å². The molecule has 0 radical (unpaired) electrons. The van der Waals surface area contributed by atoms with E-state index in [2.05, 4.69) is 0 Å². The molecule has 0 saturated carbocycles. The fraction of sp³-hybridized carbons (Fsp3) is 0.857. The smallest absolute Gasteiger partial charge is 0.410 e. The summed E-state index contributed by atoms with van der Waals surface area (Å²) in [5.74, 6) is -0.443. The van der Waals surface area contributed by atoms with Gasteiger partial charge in [-0.05, 0) is 45.4 Å². The highest BCUT2D eigenvalue weighted by atomic mass is 16.6. The van der Waals surface area contributed by atoms with Crippen molar-refractivity contribution in [2.75, 3.05) is 13.1 Å². The van der Waals surface area contributed by atoms with Gasteiger partial charge in [0.2, 0.25) is 0 Å². The number of carbonyl (C=O) groups is 2. The molecule has 110 valence electrons. The second kappa shape index (κ2) is 6.26. The molecule has 1 fully saturated rings. The Morgan fingerprint density at radius 2 is 2.05 bits per heavy atom. The van der Waals surface area contributed by atoms with Crippen LogP contribution in [0.15, 0.2) is 0 Å². The Kier molecular flexibility index (Phi) is 5.20. The first kappa shape index (κ1) is 15.8. The summed E-state index contributed by atoms with van der Waals surface area (Å²) in [7, 11) is 0. The minimum Gasteiger partial charge on any atom is -0.481 e. The van der Waals surface area contributed by atoms with E-state index < -0.39 is 11.6 Å². The lowest BCUT2D eigenvalue weighted by Gasteiger charge is -2.36. The zero-order valence-electron chi connectivity index (χ0n) is 12.3. The van der Waals surface area contributed by atoms with Gasteiger partial charge in [0.1, 0.15) is 5.60 Å². The predicted molar refractivity (Wildman–Crippen MR) is 71.9 cm³/mol. The van der Waals surface area contributed by atoms with E-state index in [1.54, 1.807) is 4.90 Å². The van der Waals surface area contributed by atoms with Gasteiger partial charge < -0.3 is 14.7 Å². The molecule has 0 aromatic carbocycles. The van der Waals surface area contributed by atoms with E-state index >= 15 is 0 Å². The number of carbonyl (C=O) groups excluding carboxylic acids is 1. The molecule has 0 aliphatic carbocycles. The van der Waals surface area contributed by atoms with Gasteiger partial charge in [-0.1, -0.05) is 6.92 Å². The van der Waals surface area contributed by atoms with Gasteiger partial charge in [0.25, 0.3) is 0 Å². The SMILES string of the molecule is C[C@H](CC(=O)O)[C@H]1CCCN(C(=O)OC(C)(C)C)C1. The zero-order valence-corrected chi connectivity index (χ0v) is 12.3. The molecular weight excluding hydrogens is 246 g/mol. The fourth-order valence-corrected chi connectivity index (χ4v) is 2.41. The van der Waals surface area contributed by atoms with Crippen LogP contribution >= 0.6 is 0 Å². The summed E-state index contributed by atoms with van der Waals surface area (Å²) in [6.07, 6.45) is 1.76. The molecule has 1 rings (SSSR count). The number of nitrogens with zero attached hydrogens (tertiary/aromatic N) is 1. The van der Waals surface area contributed by atoms with Gasteiger partial charge >= 0.3 is 12.1 Å². The van der Waals surface area contributed by atoms with Crippen LogP contribution in [0.25, 0.3) is 0 Å². The van der Waals surface area contributed by atoms with E-state index in [0.717, 1.165) is 12.8 Å². The van der Waals surface area contributed by atoms with Gasteiger partial charge in [-0.2, -0.15) is 0 Å². The van der Waals surface area contributed by atoms with Crippen molar-refractivity contribution in [2.45, 2.75) is 52.6 Å². The molecule has 1 saturated heterocycles. The second-order valence-electron chi connectivity index (χ2n) is 6.40. The molecule has 1 amide bonds. The Bertz CT molecular complexity index is 335. The third-order valence-electron chi connectivity index (χ3n) is 3.41. The van der Waals surface area contributed by atoms with E-state index in [1.807, 2.05) is 27.7 Å². The van der Waals surface area contributed by atoms with Crippen LogP contribution in [0.2, 0.25) is 0 Å². The van der Waals surface area contributed by atoms with E-state index in [0.29, 0.717) is 13.1 Å². The van der Waals surface area contributed by atoms with Crippen molar-refractivity contribution in [1.29, 1.82) is 0 Å². The van der Waals surface area contributed by atoms with Gasteiger partial charge in [-0.3, -0.25) is 4.79 Å². The van der Waals surface area contributed by atoms with Crippen LogP contribution in [0.5, 0.6) is 0 Å². The molecule has 19 heavy (non-hydrogen) atoms. The third kappa shape index (κ3) is 5.49. The Morgan fingerprint density at radius 1 is 1.42 bits per heavy atom. The minimum atomic E-state index is -0.776. The largest absolute Gasteiger partial charge is 0.481 e. The number of aliphatic carboxylic acids is 1. The molecule has 2 atom stereocenters. The van der Waals surface area contributed by atoms with E-state index in [9.17, 15) is 9.59 Å². The summed E-state index contributed by atoms with van der Waals surface area (Å²) in [4.78, 5) is 24.4. The van der Waals surface area contributed by atoms with Crippen molar-refractivity contribution in [1.82, 2.24) is 4.90 Å². The molecule has 5 nitrogen and oxygen atoms in total. The fourth-order valence-electron chi connectivity index (χ4n) is 2.41. The summed E-state index contributed by atoms with van der Waals surface area (Å²) in [6, 6.07) is 0.